The smallest absolute Gasteiger partial charge is 0.318 e. The van der Waals surface area contributed by atoms with Crippen molar-refractivity contribution in [1.82, 2.24) is 0 Å². The number of hydrogen-bond donors (Lipinski definition) is 1. The summed E-state index contributed by atoms with van der Waals surface area (Å²) in [7, 11) is 0. The fourth-order valence-electron chi connectivity index (χ4n) is 2.47. The Hall–Kier alpha value is -2.88. The van der Waals surface area contributed by atoms with Crippen molar-refractivity contribution < 1.29 is 10.0 Å². The molecule has 0 saturated carbocycles. The molecule has 104 valence electrons. The first-order valence-corrected chi connectivity index (χ1v) is 6.58. The lowest BCUT2D eigenvalue weighted by Gasteiger charge is -2.06. The summed E-state index contributed by atoms with van der Waals surface area (Å²) in [6.07, 6.45) is 0.698. The Morgan fingerprint density at radius 1 is 0.952 bits per heavy atom. The first-order chi connectivity index (χ1) is 10.1. The molecular formula is C17H13NO3. The summed E-state index contributed by atoms with van der Waals surface area (Å²) in [6, 6.07) is 18.5. The Labute approximate surface area is 121 Å². The quantitative estimate of drug-likeness (QED) is 0.581. The van der Waals surface area contributed by atoms with Crippen LogP contribution in [0.2, 0.25) is 0 Å². The Bertz CT molecular complexity index is 813. The Morgan fingerprint density at radius 3 is 2.38 bits per heavy atom. The molecule has 3 aromatic carbocycles. The second-order valence-electron chi connectivity index (χ2n) is 4.91. The molecule has 0 saturated heterocycles. The standard InChI is InChI=1S/C17H13NO3/c19-16-9-8-14-7-6-13(10-12-4-2-1-3-5-12)11-15(14)17(16)18(20)21/h1-9,11,19H,10H2. The van der Waals surface area contributed by atoms with Crippen LogP contribution in [0.1, 0.15) is 11.1 Å². The predicted octanol–water partition coefficient (Wildman–Crippen LogP) is 4.04. The highest BCUT2D eigenvalue weighted by atomic mass is 16.6. The van der Waals surface area contributed by atoms with Crippen LogP contribution in [0.15, 0.2) is 60.7 Å². The van der Waals surface area contributed by atoms with Crippen molar-refractivity contribution in [1.29, 1.82) is 0 Å². The molecule has 0 radical (unpaired) electrons. The monoisotopic (exact) mass is 279 g/mol. The maximum atomic E-state index is 11.2. The highest BCUT2D eigenvalue weighted by Gasteiger charge is 2.18. The van der Waals surface area contributed by atoms with Gasteiger partial charge in [-0.2, -0.15) is 0 Å². The molecule has 0 unspecified atom stereocenters. The zero-order chi connectivity index (χ0) is 14.8. The van der Waals surface area contributed by atoms with Crippen molar-refractivity contribution >= 4 is 16.5 Å². The van der Waals surface area contributed by atoms with Gasteiger partial charge in [-0.1, -0.05) is 48.5 Å². The molecule has 4 heteroatoms. The van der Waals surface area contributed by atoms with Crippen LogP contribution in [0.25, 0.3) is 10.8 Å². The lowest BCUT2D eigenvalue weighted by Crippen LogP contribution is -1.93. The number of phenols is 1. The number of benzene rings is 3. The lowest BCUT2D eigenvalue weighted by molar-refractivity contribution is -0.384. The number of nitrogens with zero attached hydrogens (tertiary/aromatic N) is 1. The molecule has 0 fully saturated rings. The third-order valence-corrected chi connectivity index (χ3v) is 3.47. The van der Waals surface area contributed by atoms with Gasteiger partial charge in [-0.15, -0.1) is 0 Å². The average Bonchev–Trinajstić information content (AvgIpc) is 2.47. The van der Waals surface area contributed by atoms with Crippen LogP contribution < -0.4 is 0 Å². The number of aromatic hydroxyl groups is 1. The molecule has 1 N–H and O–H groups in total. The minimum atomic E-state index is -0.538. The maximum absolute atomic E-state index is 11.2. The summed E-state index contributed by atoms with van der Waals surface area (Å²) < 4.78 is 0. The van der Waals surface area contributed by atoms with Crippen LogP contribution in [-0.4, -0.2) is 10.0 Å². The minimum Gasteiger partial charge on any atom is -0.502 e. The van der Waals surface area contributed by atoms with Gasteiger partial charge in [0.1, 0.15) is 0 Å². The first kappa shape index (κ1) is 13.1. The molecule has 4 nitrogen and oxygen atoms in total. The van der Waals surface area contributed by atoms with Crippen LogP contribution >= 0.6 is 0 Å². The van der Waals surface area contributed by atoms with Crippen LogP contribution in [0.4, 0.5) is 5.69 Å². The maximum Gasteiger partial charge on any atom is 0.318 e. The number of rotatable bonds is 3. The van der Waals surface area contributed by atoms with Gasteiger partial charge in [0.05, 0.1) is 10.3 Å². The summed E-state index contributed by atoms with van der Waals surface area (Å²) in [5.41, 5.74) is 1.88. The van der Waals surface area contributed by atoms with E-state index < -0.39 is 4.92 Å². The third-order valence-electron chi connectivity index (χ3n) is 3.47. The Morgan fingerprint density at radius 2 is 1.67 bits per heavy atom. The van der Waals surface area contributed by atoms with Gasteiger partial charge in [-0.3, -0.25) is 10.1 Å². The molecule has 0 amide bonds. The van der Waals surface area contributed by atoms with Gasteiger partial charge in [-0.05, 0) is 35.1 Å². The van der Waals surface area contributed by atoms with Gasteiger partial charge < -0.3 is 5.11 Å². The van der Waals surface area contributed by atoms with Crippen LogP contribution in [0, 0.1) is 10.1 Å². The summed E-state index contributed by atoms with van der Waals surface area (Å²) in [4.78, 5) is 10.6. The summed E-state index contributed by atoms with van der Waals surface area (Å²) in [5.74, 6) is -0.302. The number of nitro groups is 1. The van der Waals surface area contributed by atoms with E-state index in [9.17, 15) is 15.2 Å². The van der Waals surface area contributed by atoms with Crippen molar-refractivity contribution in [2.75, 3.05) is 0 Å². The van der Waals surface area contributed by atoms with E-state index in [-0.39, 0.29) is 11.4 Å². The van der Waals surface area contributed by atoms with Crippen molar-refractivity contribution in [2.45, 2.75) is 6.42 Å². The molecule has 0 aliphatic rings. The number of nitro benzene ring substituents is 1. The molecule has 3 rings (SSSR count). The molecule has 3 aromatic rings. The zero-order valence-electron chi connectivity index (χ0n) is 11.2. The van der Waals surface area contributed by atoms with Crippen LogP contribution in [0.5, 0.6) is 5.75 Å². The van der Waals surface area contributed by atoms with Gasteiger partial charge in [0, 0.05) is 0 Å². The van der Waals surface area contributed by atoms with Crippen molar-refractivity contribution in [3.63, 3.8) is 0 Å². The Kier molecular flexibility index (Phi) is 3.28. The highest BCUT2D eigenvalue weighted by Crippen LogP contribution is 2.34. The fraction of sp³-hybridized carbons (Fsp3) is 0.0588. The Balaban J connectivity index is 2.10. The number of hydrogen-bond acceptors (Lipinski definition) is 3. The SMILES string of the molecule is O=[N+]([O-])c1c(O)ccc2ccc(Cc3ccccc3)cc12. The molecular weight excluding hydrogens is 266 g/mol. The average molecular weight is 279 g/mol. The first-order valence-electron chi connectivity index (χ1n) is 6.58. The van der Waals surface area contributed by atoms with E-state index in [0.717, 1.165) is 16.5 Å². The topological polar surface area (TPSA) is 63.4 Å². The van der Waals surface area contributed by atoms with E-state index in [1.54, 1.807) is 12.1 Å². The molecule has 21 heavy (non-hydrogen) atoms. The highest BCUT2D eigenvalue weighted by molar-refractivity contribution is 5.93. The largest absolute Gasteiger partial charge is 0.502 e. The van der Waals surface area contributed by atoms with Gasteiger partial charge in [0.15, 0.2) is 5.75 Å². The normalized spacial score (nSPS) is 10.7. The van der Waals surface area contributed by atoms with E-state index in [1.165, 1.54) is 6.07 Å². The van der Waals surface area contributed by atoms with E-state index in [1.807, 2.05) is 42.5 Å². The molecule has 0 aliphatic heterocycles. The van der Waals surface area contributed by atoms with E-state index in [0.29, 0.717) is 11.8 Å². The van der Waals surface area contributed by atoms with Crippen molar-refractivity contribution in [2.24, 2.45) is 0 Å². The summed E-state index contributed by atoms with van der Waals surface area (Å²) in [6.45, 7) is 0. The van der Waals surface area contributed by atoms with E-state index in [4.69, 9.17) is 0 Å². The predicted molar refractivity (Wildman–Crippen MR) is 81.5 cm³/mol. The fourth-order valence-corrected chi connectivity index (χ4v) is 2.47. The lowest BCUT2D eigenvalue weighted by atomic mass is 10.00. The second-order valence-corrected chi connectivity index (χ2v) is 4.91. The van der Waals surface area contributed by atoms with E-state index >= 15 is 0 Å². The van der Waals surface area contributed by atoms with Gasteiger partial charge in [0.25, 0.3) is 0 Å². The van der Waals surface area contributed by atoms with Gasteiger partial charge >= 0.3 is 5.69 Å². The molecule has 0 heterocycles. The molecule has 0 atom stereocenters. The molecule has 0 bridgehead atoms. The van der Waals surface area contributed by atoms with Gasteiger partial charge in [0.2, 0.25) is 0 Å². The molecule has 0 spiro atoms. The molecule has 0 aromatic heterocycles. The van der Waals surface area contributed by atoms with Crippen LogP contribution in [-0.2, 0) is 6.42 Å². The number of phenolic OH excluding ortho intramolecular Hbond substituents is 1. The number of fused-ring (bicyclic) bond motifs is 1. The van der Waals surface area contributed by atoms with Crippen molar-refractivity contribution in [3.05, 3.63) is 81.9 Å². The van der Waals surface area contributed by atoms with Gasteiger partial charge in [-0.25, -0.2) is 0 Å². The second kappa shape index (κ2) is 5.25. The molecule has 0 aliphatic carbocycles. The summed E-state index contributed by atoms with van der Waals surface area (Å²) in [5, 5.41) is 22.1. The summed E-state index contributed by atoms with van der Waals surface area (Å²) >= 11 is 0. The zero-order valence-corrected chi connectivity index (χ0v) is 11.2. The van der Waals surface area contributed by atoms with E-state index in [2.05, 4.69) is 0 Å². The third kappa shape index (κ3) is 2.56. The van der Waals surface area contributed by atoms with Crippen LogP contribution in [0.3, 0.4) is 0 Å². The minimum absolute atomic E-state index is 0.234. The van der Waals surface area contributed by atoms with Crippen molar-refractivity contribution in [3.8, 4) is 5.75 Å².